The van der Waals surface area contributed by atoms with Gasteiger partial charge in [0, 0.05) is 23.5 Å². The predicted molar refractivity (Wildman–Crippen MR) is 131 cm³/mol. The van der Waals surface area contributed by atoms with Crippen LogP contribution in [0.25, 0.3) is 0 Å². The number of benzene rings is 3. The lowest BCUT2D eigenvalue weighted by Crippen LogP contribution is -2.30. The zero-order valence-corrected chi connectivity index (χ0v) is 20.2. The molecule has 0 spiro atoms. The van der Waals surface area contributed by atoms with Crippen LogP contribution in [0.3, 0.4) is 0 Å². The van der Waals surface area contributed by atoms with Crippen LogP contribution in [0.15, 0.2) is 66.7 Å². The van der Waals surface area contributed by atoms with Gasteiger partial charge in [-0.05, 0) is 72.6 Å². The molecule has 0 saturated heterocycles. The van der Waals surface area contributed by atoms with Crippen LogP contribution in [0.2, 0.25) is 0 Å². The van der Waals surface area contributed by atoms with Crippen LogP contribution in [-0.2, 0) is 22.7 Å². The minimum atomic E-state index is -4.78. The van der Waals surface area contributed by atoms with Gasteiger partial charge in [-0.15, -0.1) is 13.2 Å². The minimum absolute atomic E-state index is 0.145. The van der Waals surface area contributed by atoms with Crippen molar-refractivity contribution >= 4 is 23.3 Å². The molecule has 4 rings (SSSR count). The number of methoxy groups -OCH3 is 1. The zero-order valence-electron chi connectivity index (χ0n) is 20.2. The molecule has 0 radical (unpaired) electrons. The van der Waals surface area contributed by atoms with Gasteiger partial charge in [0.2, 0.25) is 0 Å². The smallest absolute Gasteiger partial charge is 0.489 e. The van der Waals surface area contributed by atoms with Crippen LogP contribution in [0, 0.1) is 0 Å². The Morgan fingerprint density at radius 2 is 1.68 bits per heavy atom. The van der Waals surface area contributed by atoms with Gasteiger partial charge in [0.1, 0.15) is 24.7 Å². The van der Waals surface area contributed by atoms with Crippen molar-refractivity contribution in [2.75, 3.05) is 30.0 Å². The average Bonchev–Trinajstić information content (AvgIpc) is 3.22. The molecule has 1 heterocycles. The molecule has 3 aromatic carbocycles. The maximum Gasteiger partial charge on any atom is 0.573 e. The van der Waals surface area contributed by atoms with E-state index in [0.29, 0.717) is 23.5 Å². The van der Waals surface area contributed by atoms with Crippen molar-refractivity contribution in [1.29, 1.82) is 0 Å². The summed E-state index contributed by atoms with van der Waals surface area (Å²) in [5.41, 5.74) is 3.47. The Morgan fingerprint density at radius 1 is 1.00 bits per heavy atom. The van der Waals surface area contributed by atoms with Crippen LogP contribution in [0.5, 0.6) is 11.5 Å². The van der Waals surface area contributed by atoms with Crippen LogP contribution in [0.1, 0.15) is 28.4 Å². The number of hydrogen-bond acceptors (Lipinski definition) is 6. The van der Waals surface area contributed by atoms with E-state index in [-0.39, 0.29) is 37.3 Å². The highest BCUT2D eigenvalue weighted by Crippen LogP contribution is 2.33. The molecular weight excluding hydrogens is 489 g/mol. The number of ether oxygens (including phenoxy) is 3. The van der Waals surface area contributed by atoms with Crippen molar-refractivity contribution in [2.45, 2.75) is 26.4 Å². The van der Waals surface area contributed by atoms with E-state index in [4.69, 9.17) is 9.47 Å². The Kier molecular flexibility index (Phi) is 7.56. The largest absolute Gasteiger partial charge is 0.573 e. The highest BCUT2D eigenvalue weighted by molar-refractivity contribution is 6.10. The SMILES string of the molecule is CCN(CC(=O)OC)c1ccc(OCc2cccc3c2CN(c2ccc(OC(F)(F)F)cc2)C3=O)cc1. The number of fused-ring (bicyclic) bond motifs is 1. The molecule has 3 aromatic rings. The van der Waals surface area contributed by atoms with E-state index in [0.717, 1.165) is 16.8 Å². The van der Waals surface area contributed by atoms with E-state index in [1.807, 2.05) is 30.0 Å². The molecule has 7 nitrogen and oxygen atoms in total. The first-order valence-corrected chi connectivity index (χ1v) is 11.5. The number of carbonyl (C=O) groups excluding carboxylic acids is 2. The Labute approximate surface area is 212 Å². The molecule has 1 aliphatic rings. The molecular formula is C27H25F3N2O5. The molecule has 0 N–H and O–H groups in total. The van der Waals surface area contributed by atoms with Crippen molar-refractivity contribution < 1.29 is 37.0 Å². The Morgan fingerprint density at radius 3 is 2.30 bits per heavy atom. The van der Waals surface area contributed by atoms with Crippen molar-refractivity contribution in [2.24, 2.45) is 0 Å². The number of hydrogen-bond donors (Lipinski definition) is 0. The van der Waals surface area contributed by atoms with Gasteiger partial charge in [-0.3, -0.25) is 9.59 Å². The third kappa shape index (κ3) is 6.14. The highest BCUT2D eigenvalue weighted by atomic mass is 19.4. The number of anilines is 2. The maximum absolute atomic E-state index is 13.0. The molecule has 37 heavy (non-hydrogen) atoms. The summed E-state index contributed by atoms with van der Waals surface area (Å²) >= 11 is 0. The Balaban J connectivity index is 1.43. The van der Waals surface area contributed by atoms with Gasteiger partial charge in [-0.25, -0.2) is 0 Å². The zero-order chi connectivity index (χ0) is 26.6. The standard InChI is InChI=1S/C27H25F3N2O5/c1-3-31(16-25(33)35-2)19-7-11-21(12-8-19)36-17-18-5-4-6-23-24(18)15-32(26(23)34)20-9-13-22(14-10-20)37-27(28,29)30/h4-14H,3,15-17H2,1-2H3. The fraction of sp³-hybridized carbons (Fsp3) is 0.259. The lowest BCUT2D eigenvalue weighted by molar-refractivity contribution is -0.274. The van der Waals surface area contributed by atoms with Gasteiger partial charge in [0.25, 0.3) is 5.91 Å². The predicted octanol–water partition coefficient (Wildman–Crippen LogP) is 5.32. The molecule has 0 aliphatic carbocycles. The van der Waals surface area contributed by atoms with Crippen LogP contribution < -0.4 is 19.3 Å². The third-order valence-electron chi connectivity index (χ3n) is 5.97. The summed E-state index contributed by atoms with van der Waals surface area (Å²) in [5.74, 6) is -0.296. The number of halogens is 3. The summed E-state index contributed by atoms with van der Waals surface area (Å²) in [4.78, 5) is 28.0. The average molecular weight is 515 g/mol. The number of carbonyl (C=O) groups is 2. The lowest BCUT2D eigenvalue weighted by atomic mass is 10.0. The van der Waals surface area contributed by atoms with E-state index in [2.05, 4.69) is 4.74 Å². The van der Waals surface area contributed by atoms with E-state index < -0.39 is 6.36 Å². The van der Waals surface area contributed by atoms with Gasteiger partial charge < -0.3 is 24.0 Å². The first kappa shape index (κ1) is 25.9. The van der Waals surface area contributed by atoms with Crippen molar-refractivity contribution in [3.05, 3.63) is 83.4 Å². The second-order valence-corrected chi connectivity index (χ2v) is 8.25. The molecule has 0 unspecified atom stereocenters. The number of rotatable bonds is 9. The van der Waals surface area contributed by atoms with E-state index in [1.54, 1.807) is 24.3 Å². The third-order valence-corrected chi connectivity index (χ3v) is 5.97. The fourth-order valence-electron chi connectivity index (χ4n) is 4.09. The van der Waals surface area contributed by atoms with Gasteiger partial charge in [0.05, 0.1) is 13.7 Å². The number of amides is 1. The molecule has 1 aliphatic heterocycles. The first-order valence-electron chi connectivity index (χ1n) is 11.5. The van der Waals surface area contributed by atoms with Gasteiger partial charge >= 0.3 is 12.3 Å². The van der Waals surface area contributed by atoms with E-state index >= 15 is 0 Å². The maximum atomic E-state index is 13.0. The van der Waals surface area contributed by atoms with Crippen LogP contribution in [-0.4, -0.2) is 38.4 Å². The summed E-state index contributed by atoms with van der Waals surface area (Å²) in [5, 5.41) is 0. The van der Waals surface area contributed by atoms with Crippen molar-refractivity contribution in [3.63, 3.8) is 0 Å². The summed E-state index contributed by atoms with van der Waals surface area (Å²) in [7, 11) is 1.35. The summed E-state index contributed by atoms with van der Waals surface area (Å²) in [6.07, 6.45) is -4.78. The monoisotopic (exact) mass is 514 g/mol. The second kappa shape index (κ2) is 10.8. The summed E-state index contributed by atoms with van der Waals surface area (Å²) in [6.45, 7) is 3.21. The van der Waals surface area contributed by atoms with E-state index in [1.165, 1.54) is 36.3 Å². The normalized spacial score (nSPS) is 12.8. The van der Waals surface area contributed by atoms with Crippen LogP contribution in [0.4, 0.5) is 24.5 Å². The minimum Gasteiger partial charge on any atom is -0.489 e. The highest BCUT2D eigenvalue weighted by Gasteiger charge is 2.32. The molecule has 10 heteroatoms. The fourth-order valence-corrected chi connectivity index (χ4v) is 4.09. The quantitative estimate of drug-likeness (QED) is 0.360. The number of likely N-dealkylation sites (N-methyl/N-ethyl adjacent to an activating group) is 1. The van der Waals surface area contributed by atoms with Gasteiger partial charge in [0.15, 0.2) is 0 Å². The molecule has 194 valence electrons. The van der Waals surface area contributed by atoms with Gasteiger partial charge in [-0.2, -0.15) is 0 Å². The van der Waals surface area contributed by atoms with Gasteiger partial charge in [-0.1, -0.05) is 12.1 Å². The summed E-state index contributed by atoms with van der Waals surface area (Å²) in [6, 6.07) is 17.9. The second-order valence-electron chi connectivity index (χ2n) is 8.25. The first-order chi connectivity index (χ1) is 17.7. The number of nitrogens with zero attached hydrogens (tertiary/aromatic N) is 2. The van der Waals surface area contributed by atoms with Crippen LogP contribution >= 0.6 is 0 Å². The molecule has 0 fully saturated rings. The van der Waals surface area contributed by atoms with Crippen molar-refractivity contribution in [1.82, 2.24) is 0 Å². The number of esters is 1. The Hall–Kier alpha value is -4.21. The van der Waals surface area contributed by atoms with E-state index in [9.17, 15) is 22.8 Å². The molecule has 1 amide bonds. The molecule has 0 saturated carbocycles. The topological polar surface area (TPSA) is 68.3 Å². The lowest BCUT2D eigenvalue weighted by Gasteiger charge is -2.21. The molecule has 0 atom stereocenters. The van der Waals surface area contributed by atoms with Crippen molar-refractivity contribution in [3.8, 4) is 11.5 Å². The molecule has 0 bridgehead atoms. The molecule has 0 aromatic heterocycles. The number of alkyl halides is 3. The summed E-state index contributed by atoms with van der Waals surface area (Å²) < 4.78 is 51.9. The Bertz CT molecular complexity index is 1260.